The molecule has 0 bridgehead atoms. The van der Waals surface area contributed by atoms with E-state index in [4.69, 9.17) is 5.10 Å². The second-order valence-electron chi connectivity index (χ2n) is 8.61. The number of amides is 1. The lowest BCUT2D eigenvalue weighted by atomic mass is 10.1. The summed E-state index contributed by atoms with van der Waals surface area (Å²) in [6.07, 6.45) is 0. The molecule has 0 aliphatic carbocycles. The summed E-state index contributed by atoms with van der Waals surface area (Å²) in [5.74, 6) is -0.0167. The van der Waals surface area contributed by atoms with Gasteiger partial charge in [-0.15, -0.1) is 11.3 Å². The zero-order valence-corrected chi connectivity index (χ0v) is 20.5. The molecule has 6 heteroatoms. The second kappa shape index (κ2) is 10.1. The van der Waals surface area contributed by atoms with Crippen molar-refractivity contribution in [2.75, 3.05) is 27.2 Å². The van der Waals surface area contributed by atoms with Crippen molar-refractivity contribution in [1.82, 2.24) is 19.6 Å². The molecule has 0 spiro atoms. The van der Waals surface area contributed by atoms with Crippen molar-refractivity contribution < 1.29 is 4.79 Å². The van der Waals surface area contributed by atoms with Crippen molar-refractivity contribution in [2.24, 2.45) is 0 Å². The second-order valence-corrected chi connectivity index (χ2v) is 9.56. The van der Waals surface area contributed by atoms with Crippen LogP contribution in [0, 0.1) is 13.8 Å². The molecule has 2 aromatic heterocycles. The number of nitrogens with zero attached hydrogens (tertiary/aromatic N) is 4. The Kier molecular flexibility index (Phi) is 7.06. The van der Waals surface area contributed by atoms with Crippen LogP contribution in [0.5, 0.6) is 0 Å². The highest BCUT2D eigenvalue weighted by molar-refractivity contribution is 7.13. The van der Waals surface area contributed by atoms with Gasteiger partial charge in [0.1, 0.15) is 11.4 Å². The van der Waals surface area contributed by atoms with Crippen molar-refractivity contribution >= 4 is 17.2 Å². The summed E-state index contributed by atoms with van der Waals surface area (Å²) >= 11 is 1.63. The number of hydrogen-bond acceptors (Lipinski definition) is 4. The summed E-state index contributed by atoms with van der Waals surface area (Å²) in [4.78, 5) is 19.1. The summed E-state index contributed by atoms with van der Waals surface area (Å²) in [5, 5.41) is 6.93. The van der Waals surface area contributed by atoms with Gasteiger partial charge < -0.3 is 9.80 Å². The van der Waals surface area contributed by atoms with Crippen LogP contribution in [0.25, 0.3) is 16.3 Å². The third-order valence-electron chi connectivity index (χ3n) is 5.62. The molecule has 0 radical (unpaired) electrons. The largest absolute Gasteiger partial charge is 0.332 e. The number of aromatic nitrogens is 2. The lowest BCUT2D eigenvalue weighted by Crippen LogP contribution is -2.37. The van der Waals surface area contributed by atoms with Gasteiger partial charge >= 0.3 is 0 Å². The number of carbonyl (C=O) groups excluding carboxylic acids is 1. The van der Waals surface area contributed by atoms with Crippen LogP contribution in [-0.2, 0) is 6.54 Å². The first-order valence-corrected chi connectivity index (χ1v) is 12.0. The van der Waals surface area contributed by atoms with E-state index < -0.39 is 0 Å². The van der Waals surface area contributed by atoms with E-state index in [1.807, 2.05) is 65.5 Å². The molecule has 0 saturated heterocycles. The minimum atomic E-state index is -0.0167. The Morgan fingerprint density at radius 3 is 2.45 bits per heavy atom. The number of aryl methyl sites for hydroxylation is 2. The topological polar surface area (TPSA) is 41.4 Å². The first-order valence-electron chi connectivity index (χ1n) is 11.1. The normalized spacial score (nSPS) is 11.2. The highest BCUT2D eigenvalue weighted by Crippen LogP contribution is 2.28. The molecule has 0 fully saturated rings. The quantitative estimate of drug-likeness (QED) is 0.354. The van der Waals surface area contributed by atoms with Gasteiger partial charge in [0.2, 0.25) is 0 Å². The monoisotopic (exact) mass is 458 g/mol. The summed E-state index contributed by atoms with van der Waals surface area (Å²) in [7, 11) is 4.06. The number of carbonyl (C=O) groups is 1. The highest BCUT2D eigenvalue weighted by Gasteiger charge is 2.24. The maximum absolute atomic E-state index is 14.0. The summed E-state index contributed by atoms with van der Waals surface area (Å²) in [6, 6.07) is 22.4. The molecule has 4 rings (SSSR count). The zero-order valence-electron chi connectivity index (χ0n) is 19.7. The van der Waals surface area contributed by atoms with E-state index in [-0.39, 0.29) is 5.91 Å². The molecule has 5 nitrogen and oxygen atoms in total. The Hall–Kier alpha value is -3.22. The van der Waals surface area contributed by atoms with Crippen LogP contribution in [0.4, 0.5) is 0 Å². The molecule has 2 heterocycles. The number of benzene rings is 2. The maximum atomic E-state index is 14.0. The fraction of sp³-hybridized carbons (Fsp3) is 0.259. The summed E-state index contributed by atoms with van der Waals surface area (Å²) in [6.45, 7) is 6.09. The lowest BCUT2D eigenvalue weighted by Gasteiger charge is -2.25. The minimum Gasteiger partial charge on any atom is -0.332 e. The first-order chi connectivity index (χ1) is 15.9. The van der Waals surface area contributed by atoms with E-state index in [0.717, 1.165) is 39.5 Å². The van der Waals surface area contributed by atoms with Crippen LogP contribution in [0.2, 0.25) is 0 Å². The van der Waals surface area contributed by atoms with Crippen LogP contribution in [0.3, 0.4) is 0 Å². The summed E-state index contributed by atoms with van der Waals surface area (Å²) in [5.41, 5.74) is 5.67. The fourth-order valence-electron chi connectivity index (χ4n) is 3.75. The molecule has 0 atom stereocenters. The molecule has 1 amide bonds. The molecule has 0 aliphatic rings. The Labute approximate surface area is 199 Å². The fourth-order valence-corrected chi connectivity index (χ4v) is 4.43. The molecule has 0 unspecified atom stereocenters. The van der Waals surface area contributed by atoms with Gasteiger partial charge in [0.25, 0.3) is 5.91 Å². The lowest BCUT2D eigenvalue weighted by molar-refractivity contribution is 0.0722. The van der Waals surface area contributed by atoms with Crippen LogP contribution in [0.15, 0.2) is 72.1 Å². The first kappa shape index (κ1) is 23.0. The van der Waals surface area contributed by atoms with Crippen LogP contribution in [-0.4, -0.2) is 52.7 Å². The van der Waals surface area contributed by atoms with Crippen LogP contribution in [0.1, 0.15) is 27.2 Å². The molecule has 170 valence electrons. The van der Waals surface area contributed by atoms with Gasteiger partial charge in [-0.25, -0.2) is 4.68 Å². The van der Waals surface area contributed by atoms with Crippen molar-refractivity contribution in [3.8, 4) is 16.3 Å². The predicted octanol–water partition coefficient (Wildman–Crippen LogP) is 5.42. The minimum absolute atomic E-state index is 0.0167. The van der Waals surface area contributed by atoms with Gasteiger partial charge in [0.15, 0.2) is 0 Å². The summed E-state index contributed by atoms with van der Waals surface area (Å²) < 4.78 is 1.83. The molecule has 33 heavy (non-hydrogen) atoms. The highest BCUT2D eigenvalue weighted by atomic mass is 32.1. The Morgan fingerprint density at radius 2 is 1.76 bits per heavy atom. The van der Waals surface area contributed by atoms with E-state index in [9.17, 15) is 4.79 Å². The predicted molar refractivity (Wildman–Crippen MR) is 136 cm³/mol. The van der Waals surface area contributed by atoms with Crippen molar-refractivity contribution in [3.05, 3.63) is 94.5 Å². The SMILES string of the molecule is Cc1ccc(C)c(-n2nc(-c3cccs3)cc2C(=O)N(CCN(C)C)Cc2ccccc2)c1. The third-order valence-corrected chi connectivity index (χ3v) is 6.51. The molecular weight excluding hydrogens is 428 g/mol. The molecule has 0 saturated carbocycles. The average Bonchev–Trinajstić information content (AvgIpc) is 3.48. The number of likely N-dealkylation sites (N-methyl/N-ethyl adjacent to an activating group) is 1. The Bertz CT molecular complexity index is 1210. The van der Waals surface area contributed by atoms with Crippen LogP contribution >= 0.6 is 11.3 Å². The van der Waals surface area contributed by atoms with Gasteiger partial charge in [-0.1, -0.05) is 48.5 Å². The molecule has 0 aliphatic heterocycles. The number of thiophene rings is 1. The molecular formula is C27H30N4OS. The molecule has 0 N–H and O–H groups in total. The van der Waals surface area contributed by atoms with Gasteiger partial charge in [0.05, 0.1) is 10.6 Å². The Morgan fingerprint density at radius 1 is 0.970 bits per heavy atom. The Balaban J connectivity index is 1.78. The van der Waals surface area contributed by atoms with Crippen molar-refractivity contribution in [3.63, 3.8) is 0 Å². The van der Waals surface area contributed by atoms with Gasteiger partial charge in [-0.2, -0.15) is 5.10 Å². The average molecular weight is 459 g/mol. The van der Waals surface area contributed by atoms with E-state index >= 15 is 0 Å². The third kappa shape index (κ3) is 5.41. The van der Waals surface area contributed by atoms with Gasteiger partial charge in [-0.3, -0.25) is 4.79 Å². The standard InChI is InChI=1S/C27H30N4OS/c1-20-12-13-21(2)24(17-20)31-25(18-23(28-31)26-11-8-16-33-26)27(32)30(15-14-29(3)4)19-22-9-6-5-7-10-22/h5-13,16-18H,14-15,19H2,1-4H3. The van der Waals surface area contributed by atoms with Crippen LogP contribution < -0.4 is 0 Å². The number of hydrogen-bond donors (Lipinski definition) is 0. The van der Waals surface area contributed by atoms with E-state index in [0.29, 0.717) is 18.8 Å². The van der Waals surface area contributed by atoms with E-state index in [1.54, 1.807) is 11.3 Å². The van der Waals surface area contributed by atoms with E-state index in [1.165, 1.54) is 0 Å². The van der Waals surface area contributed by atoms with Gasteiger partial charge in [0, 0.05) is 19.6 Å². The molecule has 4 aromatic rings. The smallest absolute Gasteiger partial charge is 0.272 e. The molecule has 2 aromatic carbocycles. The number of rotatable bonds is 8. The van der Waals surface area contributed by atoms with Crippen molar-refractivity contribution in [2.45, 2.75) is 20.4 Å². The maximum Gasteiger partial charge on any atom is 0.272 e. The zero-order chi connectivity index (χ0) is 23.4. The van der Waals surface area contributed by atoms with Gasteiger partial charge in [-0.05, 0) is 68.2 Å². The van der Waals surface area contributed by atoms with Crippen molar-refractivity contribution in [1.29, 1.82) is 0 Å². The van der Waals surface area contributed by atoms with E-state index in [2.05, 4.69) is 49.1 Å².